The number of nitrogens with one attached hydrogen (secondary N) is 1. The van der Waals surface area contributed by atoms with E-state index in [2.05, 4.69) is 47.1 Å². The largest absolute Gasteiger partial charge is 0.338 e. The maximum Gasteiger partial charge on any atom is 0.233 e. The topological polar surface area (TPSA) is 83.0 Å². The third-order valence-electron chi connectivity index (χ3n) is 4.75. The van der Waals surface area contributed by atoms with Gasteiger partial charge < -0.3 is 15.1 Å². The van der Waals surface area contributed by atoms with E-state index in [4.69, 9.17) is 0 Å². The number of anilines is 3. The fraction of sp³-hybridized carbons (Fsp3) is 0.350. The van der Waals surface area contributed by atoms with Crippen LogP contribution in [0.3, 0.4) is 0 Å². The van der Waals surface area contributed by atoms with E-state index in [9.17, 15) is 0 Å². The molecule has 3 heterocycles. The fourth-order valence-electron chi connectivity index (χ4n) is 3.08. The van der Waals surface area contributed by atoms with Crippen LogP contribution in [-0.2, 0) is 6.42 Å². The summed E-state index contributed by atoms with van der Waals surface area (Å²) in [5, 5.41) is 3.23. The van der Waals surface area contributed by atoms with Gasteiger partial charge in [0, 0.05) is 44.2 Å². The van der Waals surface area contributed by atoms with Crippen LogP contribution in [0.4, 0.5) is 17.7 Å². The van der Waals surface area contributed by atoms with Crippen LogP contribution in [0.5, 0.6) is 0 Å². The first-order valence-electron chi connectivity index (χ1n) is 9.54. The number of hydrogen-bond donors (Lipinski definition) is 1. The molecule has 0 unspecified atom stereocenters. The third-order valence-corrected chi connectivity index (χ3v) is 4.75. The average molecular weight is 376 g/mol. The van der Waals surface area contributed by atoms with Crippen LogP contribution in [0, 0.1) is 0 Å². The molecule has 0 aliphatic carbocycles. The molecular weight excluding hydrogens is 352 g/mol. The number of hydrogen-bond acceptors (Lipinski definition) is 8. The number of benzene rings is 1. The van der Waals surface area contributed by atoms with E-state index >= 15 is 0 Å². The van der Waals surface area contributed by atoms with E-state index in [-0.39, 0.29) is 0 Å². The molecule has 0 atom stereocenters. The lowest BCUT2D eigenvalue weighted by Crippen LogP contribution is -2.45. The molecule has 1 aromatic carbocycles. The van der Waals surface area contributed by atoms with Gasteiger partial charge in [0.15, 0.2) is 0 Å². The first kappa shape index (κ1) is 18.2. The molecule has 1 fully saturated rings. The van der Waals surface area contributed by atoms with Crippen molar-refractivity contribution in [1.29, 1.82) is 0 Å². The molecule has 0 radical (unpaired) electrons. The van der Waals surface area contributed by atoms with Crippen molar-refractivity contribution in [1.82, 2.24) is 29.8 Å². The number of aryl methyl sites for hydroxylation is 1. The van der Waals surface area contributed by atoms with Crippen molar-refractivity contribution in [3.63, 3.8) is 0 Å². The SMILES string of the molecule is CCc1nc(Nc2cc(-c3ccccc3)ncn2)nc(N2CCN(C)CC2)n1. The van der Waals surface area contributed by atoms with Crippen LogP contribution in [0.25, 0.3) is 11.3 Å². The zero-order valence-corrected chi connectivity index (χ0v) is 16.2. The molecule has 0 bridgehead atoms. The molecule has 28 heavy (non-hydrogen) atoms. The summed E-state index contributed by atoms with van der Waals surface area (Å²) in [4.78, 5) is 27.0. The highest BCUT2D eigenvalue weighted by Gasteiger charge is 2.18. The van der Waals surface area contributed by atoms with Gasteiger partial charge in [-0.3, -0.25) is 0 Å². The van der Waals surface area contributed by atoms with Crippen LogP contribution >= 0.6 is 0 Å². The fourth-order valence-corrected chi connectivity index (χ4v) is 3.08. The van der Waals surface area contributed by atoms with Gasteiger partial charge in [-0.15, -0.1) is 0 Å². The smallest absolute Gasteiger partial charge is 0.233 e. The summed E-state index contributed by atoms with van der Waals surface area (Å²) < 4.78 is 0. The highest BCUT2D eigenvalue weighted by Crippen LogP contribution is 2.21. The lowest BCUT2D eigenvalue weighted by Gasteiger charge is -2.32. The summed E-state index contributed by atoms with van der Waals surface area (Å²) in [5.41, 5.74) is 1.89. The zero-order chi connectivity index (χ0) is 19.3. The van der Waals surface area contributed by atoms with Gasteiger partial charge in [-0.2, -0.15) is 15.0 Å². The van der Waals surface area contributed by atoms with Crippen molar-refractivity contribution in [3.05, 3.63) is 48.5 Å². The van der Waals surface area contributed by atoms with Crippen molar-refractivity contribution in [2.24, 2.45) is 0 Å². The summed E-state index contributed by atoms with van der Waals surface area (Å²) in [6.45, 7) is 5.87. The second-order valence-corrected chi connectivity index (χ2v) is 6.80. The van der Waals surface area contributed by atoms with Crippen LogP contribution in [-0.4, -0.2) is 63.0 Å². The number of nitrogens with zero attached hydrogens (tertiary/aromatic N) is 7. The van der Waals surface area contributed by atoms with Gasteiger partial charge in [-0.25, -0.2) is 9.97 Å². The summed E-state index contributed by atoms with van der Waals surface area (Å²) in [7, 11) is 2.13. The summed E-state index contributed by atoms with van der Waals surface area (Å²) in [6, 6.07) is 11.9. The second kappa shape index (κ2) is 8.26. The maximum absolute atomic E-state index is 4.64. The highest BCUT2D eigenvalue weighted by atomic mass is 15.3. The van der Waals surface area contributed by atoms with E-state index < -0.39 is 0 Å². The minimum absolute atomic E-state index is 0.512. The highest BCUT2D eigenvalue weighted by molar-refractivity contribution is 5.63. The molecule has 8 heteroatoms. The molecule has 3 aromatic rings. The normalized spacial score (nSPS) is 14.9. The minimum Gasteiger partial charge on any atom is -0.338 e. The van der Waals surface area contributed by atoms with E-state index in [0.29, 0.717) is 11.8 Å². The Hall–Kier alpha value is -3.13. The van der Waals surface area contributed by atoms with Crippen molar-refractivity contribution >= 4 is 17.7 Å². The van der Waals surface area contributed by atoms with Crippen molar-refractivity contribution in [2.75, 3.05) is 43.4 Å². The van der Waals surface area contributed by atoms with E-state index in [1.165, 1.54) is 0 Å². The standard InChI is InChI=1S/C20H24N8/c1-3-17-23-19(26-20(25-17)28-11-9-27(2)10-12-28)24-18-13-16(21-14-22-18)15-7-5-4-6-8-15/h4-8,13-14H,3,9-12H2,1-2H3,(H,21,22,23,24,25,26). The first-order chi connectivity index (χ1) is 13.7. The van der Waals surface area contributed by atoms with Crippen molar-refractivity contribution in [2.45, 2.75) is 13.3 Å². The van der Waals surface area contributed by atoms with Gasteiger partial charge in [0.05, 0.1) is 5.69 Å². The molecule has 144 valence electrons. The molecule has 1 aliphatic rings. The lowest BCUT2D eigenvalue weighted by molar-refractivity contribution is 0.311. The Labute approximate surface area is 164 Å². The van der Waals surface area contributed by atoms with Crippen LogP contribution in [0.2, 0.25) is 0 Å². The molecule has 1 saturated heterocycles. The monoisotopic (exact) mass is 376 g/mol. The average Bonchev–Trinajstić information content (AvgIpc) is 2.75. The Morgan fingerprint density at radius 3 is 2.50 bits per heavy atom. The molecule has 0 amide bonds. The Morgan fingerprint density at radius 1 is 0.964 bits per heavy atom. The third kappa shape index (κ3) is 4.23. The Morgan fingerprint density at radius 2 is 1.75 bits per heavy atom. The Balaban J connectivity index is 1.58. The number of aromatic nitrogens is 5. The second-order valence-electron chi connectivity index (χ2n) is 6.80. The predicted molar refractivity (Wildman–Crippen MR) is 110 cm³/mol. The summed E-state index contributed by atoms with van der Waals surface area (Å²) in [5.74, 6) is 2.66. The van der Waals surface area contributed by atoms with Crippen molar-refractivity contribution in [3.8, 4) is 11.3 Å². The van der Waals surface area contributed by atoms with Gasteiger partial charge in [-0.1, -0.05) is 37.3 Å². The number of piperazine rings is 1. The minimum atomic E-state index is 0.512. The van der Waals surface area contributed by atoms with Gasteiger partial charge in [0.1, 0.15) is 18.0 Å². The zero-order valence-electron chi connectivity index (χ0n) is 16.2. The first-order valence-corrected chi connectivity index (χ1v) is 9.54. The number of likely N-dealkylation sites (N-methyl/N-ethyl adjacent to an activating group) is 1. The van der Waals surface area contributed by atoms with E-state index in [1.807, 2.05) is 43.3 Å². The van der Waals surface area contributed by atoms with Gasteiger partial charge >= 0.3 is 0 Å². The van der Waals surface area contributed by atoms with Crippen LogP contribution in [0.15, 0.2) is 42.7 Å². The van der Waals surface area contributed by atoms with Gasteiger partial charge in [-0.05, 0) is 7.05 Å². The molecule has 2 aromatic heterocycles. The van der Waals surface area contributed by atoms with Gasteiger partial charge in [0.2, 0.25) is 11.9 Å². The Bertz CT molecular complexity index is 922. The molecule has 4 rings (SSSR count). The molecule has 1 N–H and O–H groups in total. The maximum atomic E-state index is 4.64. The van der Waals surface area contributed by atoms with Gasteiger partial charge in [0.25, 0.3) is 0 Å². The lowest BCUT2D eigenvalue weighted by atomic mass is 10.1. The molecule has 0 spiro atoms. The van der Waals surface area contributed by atoms with Crippen LogP contribution in [0.1, 0.15) is 12.7 Å². The van der Waals surface area contributed by atoms with E-state index in [1.54, 1.807) is 6.33 Å². The summed E-state index contributed by atoms with van der Waals surface area (Å²) >= 11 is 0. The van der Waals surface area contributed by atoms with Crippen LogP contribution < -0.4 is 10.2 Å². The summed E-state index contributed by atoms with van der Waals surface area (Å²) in [6.07, 6.45) is 2.30. The van der Waals surface area contributed by atoms with E-state index in [0.717, 1.165) is 55.6 Å². The van der Waals surface area contributed by atoms with Crippen molar-refractivity contribution < 1.29 is 0 Å². The number of rotatable bonds is 5. The Kier molecular flexibility index (Phi) is 5.38. The predicted octanol–water partition coefficient (Wildman–Crippen LogP) is 2.39. The molecular formula is C20H24N8. The molecule has 8 nitrogen and oxygen atoms in total. The quantitative estimate of drug-likeness (QED) is 0.727. The molecule has 1 aliphatic heterocycles. The molecule has 0 saturated carbocycles.